The summed E-state index contributed by atoms with van der Waals surface area (Å²) in [7, 11) is 0. The molecule has 6 heteroatoms. The number of ether oxygens (including phenoxy) is 4. The molecule has 0 bridgehead atoms. The smallest absolute Gasteiger partial charge is 0.305 e. The van der Waals surface area contributed by atoms with Crippen LogP contribution in [0.3, 0.4) is 0 Å². The lowest BCUT2D eigenvalue weighted by molar-refractivity contribution is -0.249. The molecule has 6 nitrogen and oxygen atoms in total. The number of rotatable bonds is 12. The highest BCUT2D eigenvalue weighted by molar-refractivity contribution is 5.69. The molecular weight excluding hydrogens is 324 g/mol. The predicted octanol–water partition coefficient (Wildman–Crippen LogP) is 3.61. The fourth-order valence-electron chi connectivity index (χ4n) is 2.58. The summed E-state index contributed by atoms with van der Waals surface area (Å²) in [6.45, 7) is 7.03. The number of hydrogen-bond acceptors (Lipinski definition) is 6. The van der Waals surface area contributed by atoms with Gasteiger partial charge in [0.15, 0.2) is 6.29 Å². The molecule has 1 saturated heterocycles. The first-order chi connectivity index (χ1) is 12.0. The van der Waals surface area contributed by atoms with Crippen LogP contribution in [0.25, 0.3) is 0 Å². The summed E-state index contributed by atoms with van der Waals surface area (Å²) < 4.78 is 22.4. The van der Waals surface area contributed by atoms with Crippen molar-refractivity contribution >= 4 is 11.9 Å². The third-order valence-electron chi connectivity index (χ3n) is 4.18. The molecule has 0 spiro atoms. The molecule has 0 saturated carbocycles. The monoisotopic (exact) mass is 358 g/mol. The van der Waals surface area contributed by atoms with Crippen LogP contribution in [0.15, 0.2) is 0 Å². The second-order valence-corrected chi connectivity index (χ2v) is 6.87. The van der Waals surface area contributed by atoms with Crippen molar-refractivity contribution in [3.63, 3.8) is 0 Å². The van der Waals surface area contributed by atoms with Crippen LogP contribution in [0.5, 0.6) is 0 Å². The van der Waals surface area contributed by atoms with E-state index in [9.17, 15) is 9.59 Å². The highest BCUT2D eigenvalue weighted by Crippen LogP contribution is 2.28. The van der Waals surface area contributed by atoms with Crippen molar-refractivity contribution in [3.05, 3.63) is 0 Å². The number of carbonyl (C=O) groups excluding carboxylic acids is 2. The number of carbonyl (C=O) groups is 2. The minimum Gasteiger partial charge on any atom is -0.465 e. The highest BCUT2D eigenvalue weighted by atomic mass is 16.7. The van der Waals surface area contributed by atoms with Crippen LogP contribution in [0.4, 0.5) is 0 Å². The number of unbranched alkanes of at least 4 members (excludes halogenated alkanes) is 2. The van der Waals surface area contributed by atoms with Crippen molar-refractivity contribution in [2.75, 3.05) is 26.4 Å². The van der Waals surface area contributed by atoms with Gasteiger partial charge in [0, 0.05) is 12.8 Å². The molecule has 0 aliphatic carbocycles. The largest absolute Gasteiger partial charge is 0.465 e. The molecule has 0 atom stereocenters. The van der Waals surface area contributed by atoms with Gasteiger partial charge in [-0.1, -0.05) is 33.6 Å². The molecule has 0 radical (unpaired) electrons. The van der Waals surface area contributed by atoms with E-state index in [1.807, 2.05) is 13.8 Å². The summed E-state index contributed by atoms with van der Waals surface area (Å²) >= 11 is 0. The second kappa shape index (κ2) is 12.3. The van der Waals surface area contributed by atoms with Gasteiger partial charge in [0.05, 0.1) is 18.6 Å². The van der Waals surface area contributed by atoms with Crippen LogP contribution >= 0.6 is 0 Å². The minimum atomic E-state index is -0.617. The van der Waals surface area contributed by atoms with Crippen LogP contribution in [-0.4, -0.2) is 44.7 Å². The van der Waals surface area contributed by atoms with Crippen LogP contribution < -0.4 is 0 Å². The molecule has 1 aliphatic heterocycles. The normalized spacial score (nSPS) is 17.2. The molecule has 0 unspecified atom stereocenters. The molecule has 0 N–H and O–H groups in total. The predicted molar refractivity (Wildman–Crippen MR) is 94.0 cm³/mol. The zero-order chi connectivity index (χ0) is 18.5. The van der Waals surface area contributed by atoms with Gasteiger partial charge >= 0.3 is 11.9 Å². The SMILES string of the molecule is CCCCCC1OCC(COC(=O)CCC)(COC(=O)CCC)CO1. The van der Waals surface area contributed by atoms with Gasteiger partial charge in [-0.3, -0.25) is 9.59 Å². The topological polar surface area (TPSA) is 71.1 Å². The third kappa shape index (κ3) is 8.68. The molecule has 1 aliphatic rings. The Balaban J connectivity index is 2.54. The van der Waals surface area contributed by atoms with E-state index in [4.69, 9.17) is 18.9 Å². The summed E-state index contributed by atoms with van der Waals surface area (Å²) in [5, 5.41) is 0. The second-order valence-electron chi connectivity index (χ2n) is 6.87. The maximum absolute atomic E-state index is 11.7. The van der Waals surface area contributed by atoms with E-state index in [-0.39, 0.29) is 31.4 Å². The van der Waals surface area contributed by atoms with Crippen molar-refractivity contribution in [1.82, 2.24) is 0 Å². The molecule has 1 fully saturated rings. The maximum Gasteiger partial charge on any atom is 0.305 e. The Labute approximate surface area is 151 Å². The van der Waals surface area contributed by atoms with Crippen molar-refractivity contribution in [2.24, 2.45) is 5.41 Å². The van der Waals surface area contributed by atoms with Gasteiger partial charge in [-0.15, -0.1) is 0 Å². The molecule has 1 heterocycles. The van der Waals surface area contributed by atoms with E-state index in [0.29, 0.717) is 26.1 Å². The van der Waals surface area contributed by atoms with E-state index in [2.05, 4.69) is 6.92 Å². The summed E-state index contributed by atoms with van der Waals surface area (Å²) in [5.74, 6) is -0.487. The Morgan fingerprint density at radius 3 is 1.84 bits per heavy atom. The molecule has 146 valence electrons. The standard InChI is InChI=1S/C19H34O6/c1-4-7-8-11-18-24-14-19(15-25-18,12-22-16(20)9-5-2)13-23-17(21)10-6-3/h18H,4-15H2,1-3H3. The fourth-order valence-corrected chi connectivity index (χ4v) is 2.58. The van der Waals surface area contributed by atoms with Crippen molar-refractivity contribution in [1.29, 1.82) is 0 Å². The summed E-state index contributed by atoms with van der Waals surface area (Å²) in [6, 6.07) is 0. The lowest BCUT2D eigenvalue weighted by Crippen LogP contribution is -2.48. The van der Waals surface area contributed by atoms with E-state index >= 15 is 0 Å². The summed E-state index contributed by atoms with van der Waals surface area (Å²) in [6.07, 6.45) is 6.24. The number of esters is 2. The van der Waals surface area contributed by atoms with E-state index in [1.165, 1.54) is 0 Å². The van der Waals surface area contributed by atoms with Gasteiger partial charge in [-0.2, -0.15) is 0 Å². The molecule has 0 amide bonds. The molecule has 0 aromatic heterocycles. The third-order valence-corrected chi connectivity index (χ3v) is 4.18. The first-order valence-corrected chi connectivity index (χ1v) is 9.59. The fraction of sp³-hybridized carbons (Fsp3) is 0.895. The minimum absolute atomic E-state index is 0.146. The molecule has 0 aromatic carbocycles. The summed E-state index contributed by atoms with van der Waals surface area (Å²) in [5.41, 5.74) is -0.617. The van der Waals surface area contributed by atoms with Gasteiger partial charge in [-0.05, 0) is 25.7 Å². The van der Waals surface area contributed by atoms with Crippen LogP contribution in [0.2, 0.25) is 0 Å². The molecule has 25 heavy (non-hydrogen) atoms. The zero-order valence-corrected chi connectivity index (χ0v) is 16.0. The first kappa shape index (κ1) is 21.9. The highest BCUT2D eigenvalue weighted by Gasteiger charge is 2.39. The number of hydrogen-bond donors (Lipinski definition) is 0. The van der Waals surface area contributed by atoms with Crippen LogP contribution in [0, 0.1) is 5.41 Å². The van der Waals surface area contributed by atoms with Crippen molar-refractivity contribution in [3.8, 4) is 0 Å². The van der Waals surface area contributed by atoms with Gasteiger partial charge in [0.2, 0.25) is 0 Å². The van der Waals surface area contributed by atoms with Gasteiger partial charge in [-0.25, -0.2) is 0 Å². The Kier molecular flexibility index (Phi) is 10.7. The average Bonchev–Trinajstić information content (AvgIpc) is 2.61. The van der Waals surface area contributed by atoms with Crippen LogP contribution in [-0.2, 0) is 28.5 Å². The van der Waals surface area contributed by atoms with Gasteiger partial charge < -0.3 is 18.9 Å². The van der Waals surface area contributed by atoms with E-state index in [0.717, 1.165) is 38.5 Å². The van der Waals surface area contributed by atoms with E-state index < -0.39 is 5.41 Å². The summed E-state index contributed by atoms with van der Waals surface area (Å²) in [4.78, 5) is 23.4. The maximum atomic E-state index is 11.7. The molecule has 0 aromatic rings. The quantitative estimate of drug-likeness (QED) is 0.392. The molecular formula is C19H34O6. The first-order valence-electron chi connectivity index (χ1n) is 9.59. The molecule has 1 rings (SSSR count). The zero-order valence-electron chi connectivity index (χ0n) is 16.0. The Morgan fingerprint density at radius 2 is 1.40 bits per heavy atom. The van der Waals surface area contributed by atoms with Crippen LogP contribution in [0.1, 0.15) is 72.1 Å². The van der Waals surface area contributed by atoms with Crippen molar-refractivity contribution in [2.45, 2.75) is 78.4 Å². The average molecular weight is 358 g/mol. The van der Waals surface area contributed by atoms with Crippen molar-refractivity contribution < 1.29 is 28.5 Å². The lowest BCUT2D eigenvalue weighted by atomic mass is 9.91. The van der Waals surface area contributed by atoms with Gasteiger partial charge in [0.1, 0.15) is 13.2 Å². The lowest BCUT2D eigenvalue weighted by Gasteiger charge is -2.39. The Bertz CT molecular complexity index is 363. The Hall–Kier alpha value is -1.14. The Morgan fingerprint density at radius 1 is 0.880 bits per heavy atom. The van der Waals surface area contributed by atoms with Gasteiger partial charge in [0.25, 0.3) is 0 Å². The van der Waals surface area contributed by atoms with E-state index in [1.54, 1.807) is 0 Å².